The zero-order valence-corrected chi connectivity index (χ0v) is 19.8. The monoisotopic (exact) mass is 478 g/mol. The molecule has 5 rings (SSSR count). The first kappa shape index (κ1) is 23.4. The van der Waals surface area contributed by atoms with Crippen LogP contribution in [-0.4, -0.2) is 66.4 Å². The molecule has 2 N–H and O–H groups in total. The molecule has 0 radical (unpaired) electrons. The summed E-state index contributed by atoms with van der Waals surface area (Å²) in [7, 11) is 0. The van der Waals surface area contributed by atoms with E-state index in [2.05, 4.69) is 29.6 Å². The number of carbonyl (C=O) groups is 3. The van der Waals surface area contributed by atoms with Crippen molar-refractivity contribution < 1.29 is 29.0 Å². The fourth-order valence-corrected chi connectivity index (χ4v) is 5.58. The third kappa shape index (κ3) is 3.95. The van der Waals surface area contributed by atoms with Gasteiger partial charge < -0.3 is 24.8 Å². The summed E-state index contributed by atoms with van der Waals surface area (Å²) >= 11 is 0. The number of nitrogens with zero attached hydrogens (tertiary/aromatic N) is 1. The van der Waals surface area contributed by atoms with Crippen molar-refractivity contribution in [3.63, 3.8) is 0 Å². The Labute approximate surface area is 204 Å². The van der Waals surface area contributed by atoms with E-state index in [1.54, 1.807) is 0 Å². The number of carboxylic acid groups (broad SMARTS) is 1. The zero-order chi connectivity index (χ0) is 24.6. The molecule has 8 nitrogen and oxygen atoms in total. The number of nitrogens with one attached hydrogen (secondary N) is 1. The molecule has 2 saturated heterocycles. The van der Waals surface area contributed by atoms with E-state index in [9.17, 15) is 19.5 Å². The summed E-state index contributed by atoms with van der Waals surface area (Å²) in [6.07, 6.45) is 0.432. The van der Waals surface area contributed by atoms with E-state index >= 15 is 0 Å². The molecule has 0 bridgehead atoms. The van der Waals surface area contributed by atoms with E-state index in [0.29, 0.717) is 32.5 Å². The largest absolute Gasteiger partial charge is 0.481 e. The zero-order valence-electron chi connectivity index (χ0n) is 19.8. The molecule has 35 heavy (non-hydrogen) atoms. The van der Waals surface area contributed by atoms with Gasteiger partial charge in [0.25, 0.3) is 0 Å². The van der Waals surface area contributed by atoms with Gasteiger partial charge >= 0.3 is 12.1 Å². The van der Waals surface area contributed by atoms with E-state index in [1.807, 2.05) is 31.2 Å². The number of hydrogen-bond acceptors (Lipinski definition) is 5. The van der Waals surface area contributed by atoms with Crippen LogP contribution in [0.25, 0.3) is 11.1 Å². The Hall–Kier alpha value is -3.39. The predicted molar refractivity (Wildman–Crippen MR) is 128 cm³/mol. The Morgan fingerprint density at radius 1 is 1.03 bits per heavy atom. The molecule has 1 aliphatic carbocycles. The minimum absolute atomic E-state index is 0.0781. The number of benzene rings is 2. The number of carbonyl (C=O) groups excluding carboxylic acids is 2. The van der Waals surface area contributed by atoms with E-state index in [-0.39, 0.29) is 31.5 Å². The molecule has 0 aromatic heterocycles. The Morgan fingerprint density at radius 3 is 2.14 bits per heavy atom. The number of alkyl carbamates (subject to hydrolysis) is 1. The van der Waals surface area contributed by atoms with Crippen molar-refractivity contribution in [2.24, 2.45) is 5.41 Å². The predicted octanol–water partition coefficient (Wildman–Crippen LogP) is 3.40. The van der Waals surface area contributed by atoms with Crippen LogP contribution < -0.4 is 5.32 Å². The van der Waals surface area contributed by atoms with E-state index < -0.39 is 23.0 Å². The molecule has 0 saturated carbocycles. The van der Waals surface area contributed by atoms with Crippen molar-refractivity contribution in [1.29, 1.82) is 0 Å². The molecule has 2 aliphatic heterocycles. The van der Waals surface area contributed by atoms with Crippen molar-refractivity contribution >= 4 is 18.0 Å². The number of carboxylic acids is 1. The van der Waals surface area contributed by atoms with E-state index in [4.69, 9.17) is 9.47 Å². The lowest BCUT2D eigenvalue weighted by molar-refractivity contribution is -0.170. The number of hydrogen-bond donors (Lipinski definition) is 2. The van der Waals surface area contributed by atoms with Crippen LogP contribution in [0.1, 0.15) is 43.2 Å². The van der Waals surface area contributed by atoms with Crippen LogP contribution in [0.15, 0.2) is 48.5 Å². The molecule has 2 aromatic rings. The van der Waals surface area contributed by atoms with E-state index in [0.717, 1.165) is 22.3 Å². The SMILES string of the molecule is CCC1(C(=O)O)CN(C(=O)C2(NC(=O)OCC3c4ccccc4-c4ccccc43)CCOCC2)C1. The molecule has 2 amide bonds. The van der Waals surface area contributed by atoms with Crippen LogP contribution in [0.5, 0.6) is 0 Å². The Bertz CT molecular complexity index is 1100. The van der Waals surface area contributed by atoms with Crippen molar-refractivity contribution in [2.45, 2.75) is 37.6 Å². The third-order valence-electron chi connectivity index (χ3n) is 7.85. The first-order chi connectivity index (χ1) is 16.9. The average Bonchev–Trinajstić information content (AvgIpc) is 3.16. The molecule has 2 heterocycles. The maximum atomic E-state index is 13.5. The highest BCUT2D eigenvalue weighted by atomic mass is 16.5. The van der Waals surface area contributed by atoms with Gasteiger partial charge in [0.05, 0.1) is 0 Å². The van der Waals surface area contributed by atoms with Gasteiger partial charge in [0.1, 0.15) is 17.6 Å². The van der Waals surface area contributed by atoms with Gasteiger partial charge in [-0.05, 0) is 28.7 Å². The normalized spacial score (nSPS) is 19.7. The highest BCUT2D eigenvalue weighted by Crippen LogP contribution is 2.44. The molecule has 3 aliphatic rings. The first-order valence-electron chi connectivity index (χ1n) is 12.1. The molecule has 2 fully saturated rings. The summed E-state index contributed by atoms with van der Waals surface area (Å²) in [5.41, 5.74) is 2.45. The molecule has 2 aromatic carbocycles. The van der Waals surface area contributed by atoms with Crippen LogP contribution in [0, 0.1) is 5.41 Å². The van der Waals surface area contributed by atoms with Crippen LogP contribution in [0.4, 0.5) is 4.79 Å². The Kier molecular flexibility index (Phi) is 6.01. The fourth-order valence-electron chi connectivity index (χ4n) is 5.58. The highest BCUT2D eigenvalue weighted by molar-refractivity contribution is 5.92. The van der Waals surface area contributed by atoms with Crippen LogP contribution in [0.3, 0.4) is 0 Å². The van der Waals surface area contributed by atoms with Crippen molar-refractivity contribution in [3.05, 3.63) is 59.7 Å². The van der Waals surface area contributed by atoms with Crippen LogP contribution in [0.2, 0.25) is 0 Å². The number of ether oxygens (including phenoxy) is 2. The minimum Gasteiger partial charge on any atom is -0.481 e. The highest BCUT2D eigenvalue weighted by Gasteiger charge is 2.54. The lowest BCUT2D eigenvalue weighted by Gasteiger charge is -2.50. The number of aliphatic carboxylic acids is 1. The van der Waals surface area contributed by atoms with Crippen LogP contribution in [-0.2, 0) is 19.1 Å². The van der Waals surface area contributed by atoms with Crippen molar-refractivity contribution in [2.75, 3.05) is 32.9 Å². The molecule has 0 unspecified atom stereocenters. The van der Waals surface area contributed by atoms with Gasteiger partial charge in [0.2, 0.25) is 5.91 Å². The van der Waals surface area contributed by atoms with Gasteiger partial charge in [-0.15, -0.1) is 0 Å². The molecule has 184 valence electrons. The lowest BCUT2D eigenvalue weighted by Crippen LogP contribution is -2.70. The maximum absolute atomic E-state index is 13.5. The van der Waals surface area contributed by atoms with Gasteiger partial charge in [-0.25, -0.2) is 4.79 Å². The third-order valence-corrected chi connectivity index (χ3v) is 7.85. The molecule has 8 heteroatoms. The van der Waals surface area contributed by atoms with Gasteiger partial charge in [-0.3, -0.25) is 9.59 Å². The first-order valence-corrected chi connectivity index (χ1v) is 12.1. The standard InChI is InChI=1S/C27H30N2O6/c1-2-26(24(31)32)16-29(17-26)23(30)27(11-13-34-14-12-27)28-25(33)35-15-22-20-9-5-3-7-18(20)19-8-4-6-10-21(19)22/h3-10,22H,2,11-17H2,1H3,(H,28,33)(H,31,32). The summed E-state index contributed by atoms with van der Waals surface area (Å²) in [5, 5.41) is 12.4. The Balaban J connectivity index is 1.28. The summed E-state index contributed by atoms with van der Waals surface area (Å²) in [6.45, 7) is 2.93. The summed E-state index contributed by atoms with van der Waals surface area (Å²) in [5.74, 6) is -1.24. The molecule has 0 spiro atoms. The summed E-state index contributed by atoms with van der Waals surface area (Å²) in [6, 6.07) is 16.2. The van der Waals surface area contributed by atoms with E-state index in [1.165, 1.54) is 4.90 Å². The second-order valence-electron chi connectivity index (χ2n) is 9.75. The topological polar surface area (TPSA) is 105 Å². The van der Waals surface area contributed by atoms with Gasteiger partial charge in [-0.1, -0.05) is 55.5 Å². The van der Waals surface area contributed by atoms with Crippen LogP contribution >= 0.6 is 0 Å². The smallest absolute Gasteiger partial charge is 0.408 e. The molecular weight excluding hydrogens is 448 g/mol. The molecule has 0 atom stereocenters. The van der Waals surface area contributed by atoms with Crippen molar-refractivity contribution in [3.8, 4) is 11.1 Å². The van der Waals surface area contributed by atoms with Gasteiger partial charge in [0, 0.05) is 45.1 Å². The molecular formula is C27H30N2O6. The number of rotatable bonds is 6. The summed E-state index contributed by atoms with van der Waals surface area (Å²) in [4.78, 5) is 39.7. The van der Waals surface area contributed by atoms with Gasteiger partial charge in [0.15, 0.2) is 0 Å². The number of fused-ring (bicyclic) bond motifs is 3. The quantitative estimate of drug-likeness (QED) is 0.659. The number of amides is 2. The average molecular weight is 479 g/mol. The Morgan fingerprint density at radius 2 is 1.60 bits per heavy atom. The second-order valence-corrected chi connectivity index (χ2v) is 9.75. The minimum atomic E-state index is -1.15. The second kappa shape index (κ2) is 9.00. The number of likely N-dealkylation sites (tertiary alicyclic amines) is 1. The van der Waals surface area contributed by atoms with Crippen molar-refractivity contribution in [1.82, 2.24) is 10.2 Å². The maximum Gasteiger partial charge on any atom is 0.408 e. The van der Waals surface area contributed by atoms with Gasteiger partial charge in [-0.2, -0.15) is 0 Å². The fraction of sp³-hybridized carbons (Fsp3) is 0.444. The summed E-state index contributed by atoms with van der Waals surface area (Å²) < 4.78 is 11.1. The lowest BCUT2D eigenvalue weighted by atomic mass is 9.75.